The summed E-state index contributed by atoms with van der Waals surface area (Å²) >= 11 is 0. The number of para-hydroxylation sites is 1. The topological polar surface area (TPSA) is 58.4 Å². The fourth-order valence-corrected chi connectivity index (χ4v) is 5.53. The average Bonchev–Trinajstić information content (AvgIpc) is 3.11. The number of nitrogens with zero attached hydrogens (tertiary/aromatic N) is 3. The van der Waals surface area contributed by atoms with Crippen LogP contribution < -0.4 is 0 Å². The zero-order valence-electron chi connectivity index (χ0n) is 16.8. The molecular formula is C24H27N3O2. The maximum atomic E-state index is 13.6. The Morgan fingerprint density at radius 2 is 1.79 bits per heavy atom. The van der Waals surface area contributed by atoms with E-state index < -0.39 is 5.60 Å². The third-order valence-electron chi connectivity index (χ3n) is 6.97. The van der Waals surface area contributed by atoms with Gasteiger partial charge in [0.1, 0.15) is 0 Å². The van der Waals surface area contributed by atoms with E-state index in [9.17, 15) is 9.90 Å². The van der Waals surface area contributed by atoms with Gasteiger partial charge >= 0.3 is 0 Å². The molecule has 5 nitrogen and oxygen atoms in total. The van der Waals surface area contributed by atoms with Crippen molar-refractivity contribution in [3.63, 3.8) is 0 Å². The summed E-state index contributed by atoms with van der Waals surface area (Å²) in [4.78, 5) is 15.6. The minimum Gasteiger partial charge on any atom is -0.385 e. The first-order valence-corrected chi connectivity index (χ1v) is 10.6. The van der Waals surface area contributed by atoms with Gasteiger partial charge in [-0.15, -0.1) is 0 Å². The third-order valence-corrected chi connectivity index (χ3v) is 6.97. The summed E-state index contributed by atoms with van der Waals surface area (Å²) in [6.07, 6.45) is 4.65. The summed E-state index contributed by atoms with van der Waals surface area (Å²) in [5, 5.41) is 17.2. The predicted molar refractivity (Wildman–Crippen MR) is 112 cm³/mol. The summed E-state index contributed by atoms with van der Waals surface area (Å²) in [7, 11) is 1.88. The second-order valence-electron chi connectivity index (χ2n) is 8.49. The molecule has 1 unspecified atom stereocenters. The predicted octanol–water partition coefficient (Wildman–Crippen LogP) is 3.87. The van der Waals surface area contributed by atoms with Gasteiger partial charge in [0.15, 0.2) is 5.69 Å². The Bertz CT molecular complexity index is 1040. The Kier molecular flexibility index (Phi) is 4.43. The van der Waals surface area contributed by atoms with Gasteiger partial charge in [0.05, 0.1) is 11.1 Å². The number of benzene rings is 2. The number of likely N-dealkylation sites (tertiary alicyclic amines) is 1. The van der Waals surface area contributed by atoms with Gasteiger partial charge in [0.25, 0.3) is 5.91 Å². The maximum Gasteiger partial charge on any atom is 0.275 e. The van der Waals surface area contributed by atoms with Gasteiger partial charge in [-0.25, -0.2) is 0 Å². The molecule has 1 aliphatic heterocycles. The first-order valence-electron chi connectivity index (χ1n) is 10.6. The molecule has 2 aliphatic rings. The number of fused-ring (bicyclic) bond motifs is 2. The summed E-state index contributed by atoms with van der Waals surface area (Å²) < 4.78 is 1.78. The SMILES string of the molecule is Cn1nc(C(=O)N2CC[C@@](O)(c3ccccc3)[C@@H]3CCCCC32)c2ccccc21. The fraction of sp³-hybridized carbons (Fsp3) is 0.417. The standard InChI is InChI=1S/C24H27N3O2/c1-26-20-13-7-5-11-18(20)22(25-26)23(28)27-16-15-24(29,17-9-3-2-4-10-17)19-12-6-8-14-21(19)27/h2-5,7,9-11,13,19,21,29H,6,8,12,14-16H2,1H3/t19-,21?,24-/m1/s1. The highest BCUT2D eigenvalue weighted by Crippen LogP contribution is 2.47. The van der Waals surface area contributed by atoms with Crippen LogP contribution in [0.4, 0.5) is 0 Å². The van der Waals surface area contributed by atoms with Gasteiger partial charge in [-0.1, -0.05) is 61.4 Å². The molecule has 1 N–H and O–H groups in total. The number of piperidine rings is 1. The number of aliphatic hydroxyl groups is 1. The van der Waals surface area contributed by atoms with Crippen LogP contribution in [-0.2, 0) is 12.6 Å². The van der Waals surface area contributed by atoms with Crippen LogP contribution in [0.2, 0.25) is 0 Å². The van der Waals surface area contributed by atoms with Crippen LogP contribution in [0.1, 0.15) is 48.2 Å². The van der Waals surface area contributed by atoms with Crippen molar-refractivity contribution in [2.24, 2.45) is 13.0 Å². The quantitative estimate of drug-likeness (QED) is 0.724. The second kappa shape index (κ2) is 6.99. The molecule has 1 aliphatic carbocycles. The van der Waals surface area contributed by atoms with E-state index in [0.717, 1.165) is 42.1 Å². The zero-order chi connectivity index (χ0) is 20.0. The Hall–Kier alpha value is -2.66. The molecule has 2 fully saturated rings. The Morgan fingerprint density at radius 3 is 2.62 bits per heavy atom. The van der Waals surface area contributed by atoms with E-state index >= 15 is 0 Å². The number of hydrogen-bond donors (Lipinski definition) is 1. The first-order chi connectivity index (χ1) is 14.1. The second-order valence-corrected chi connectivity index (χ2v) is 8.49. The van der Waals surface area contributed by atoms with Crippen LogP contribution in [0.25, 0.3) is 10.9 Å². The highest BCUT2D eigenvalue weighted by molar-refractivity contribution is 6.05. The summed E-state index contributed by atoms with van der Waals surface area (Å²) in [5.41, 5.74) is 1.61. The number of hydrogen-bond acceptors (Lipinski definition) is 3. The van der Waals surface area contributed by atoms with Crippen molar-refractivity contribution in [1.82, 2.24) is 14.7 Å². The Morgan fingerprint density at radius 1 is 1.07 bits per heavy atom. The fourth-order valence-electron chi connectivity index (χ4n) is 5.53. The van der Waals surface area contributed by atoms with E-state index in [1.54, 1.807) is 4.68 Å². The molecule has 5 rings (SSSR count). The summed E-state index contributed by atoms with van der Waals surface area (Å²) in [6, 6.07) is 17.9. The molecule has 0 spiro atoms. The lowest BCUT2D eigenvalue weighted by atomic mass is 9.66. The van der Waals surface area contributed by atoms with Crippen molar-refractivity contribution in [2.75, 3.05) is 6.54 Å². The number of carbonyl (C=O) groups excluding carboxylic acids is 1. The van der Waals surface area contributed by atoms with Crippen LogP contribution in [0.15, 0.2) is 54.6 Å². The highest BCUT2D eigenvalue weighted by atomic mass is 16.3. The van der Waals surface area contributed by atoms with Crippen molar-refractivity contribution >= 4 is 16.8 Å². The molecule has 1 amide bonds. The van der Waals surface area contributed by atoms with Crippen LogP contribution in [0.3, 0.4) is 0 Å². The maximum absolute atomic E-state index is 13.6. The lowest BCUT2D eigenvalue weighted by molar-refractivity contribution is -0.110. The van der Waals surface area contributed by atoms with Crippen molar-refractivity contribution in [3.8, 4) is 0 Å². The van der Waals surface area contributed by atoms with Gasteiger partial charge in [0, 0.05) is 30.9 Å². The van der Waals surface area contributed by atoms with Crippen LogP contribution in [0.5, 0.6) is 0 Å². The van der Waals surface area contributed by atoms with E-state index in [2.05, 4.69) is 5.10 Å². The van der Waals surface area contributed by atoms with Gasteiger partial charge in [0.2, 0.25) is 0 Å². The summed E-state index contributed by atoms with van der Waals surface area (Å²) in [5.74, 6) is 0.0557. The molecule has 29 heavy (non-hydrogen) atoms. The molecule has 0 bridgehead atoms. The molecule has 3 aromatic rings. The number of aryl methyl sites for hydroxylation is 1. The monoisotopic (exact) mass is 389 g/mol. The molecule has 1 saturated heterocycles. The van der Waals surface area contributed by atoms with E-state index in [1.165, 1.54) is 0 Å². The lowest BCUT2D eigenvalue weighted by Gasteiger charge is -2.52. The smallest absolute Gasteiger partial charge is 0.275 e. The normalized spacial score (nSPS) is 27.0. The van der Waals surface area contributed by atoms with Crippen molar-refractivity contribution < 1.29 is 9.90 Å². The van der Waals surface area contributed by atoms with Crippen molar-refractivity contribution in [1.29, 1.82) is 0 Å². The number of aromatic nitrogens is 2. The van der Waals surface area contributed by atoms with Gasteiger partial charge in [-0.05, 0) is 30.9 Å². The molecule has 150 valence electrons. The molecule has 2 aromatic carbocycles. The Labute approximate surface area is 170 Å². The van der Waals surface area contributed by atoms with E-state index in [4.69, 9.17) is 0 Å². The van der Waals surface area contributed by atoms with Crippen molar-refractivity contribution in [3.05, 3.63) is 65.9 Å². The molecule has 2 heterocycles. The lowest BCUT2D eigenvalue weighted by Crippen LogP contribution is -2.59. The Balaban J connectivity index is 1.51. The van der Waals surface area contributed by atoms with Crippen LogP contribution in [-0.4, -0.2) is 38.3 Å². The molecule has 5 heteroatoms. The average molecular weight is 389 g/mol. The highest BCUT2D eigenvalue weighted by Gasteiger charge is 2.50. The van der Waals surface area contributed by atoms with Crippen molar-refractivity contribution in [2.45, 2.75) is 43.7 Å². The third kappa shape index (κ3) is 2.87. The van der Waals surface area contributed by atoms with Gasteiger partial charge in [-0.2, -0.15) is 5.10 Å². The molecule has 3 atom stereocenters. The molecular weight excluding hydrogens is 362 g/mol. The first kappa shape index (κ1) is 18.4. The zero-order valence-corrected chi connectivity index (χ0v) is 16.8. The van der Waals surface area contributed by atoms with Gasteiger partial charge in [-0.3, -0.25) is 9.48 Å². The largest absolute Gasteiger partial charge is 0.385 e. The molecule has 1 aromatic heterocycles. The van der Waals surface area contributed by atoms with E-state index in [1.807, 2.05) is 66.5 Å². The van der Waals surface area contributed by atoms with Crippen LogP contribution in [0, 0.1) is 5.92 Å². The molecule has 0 radical (unpaired) electrons. The number of amides is 1. The number of carbonyl (C=O) groups is 1. The van der Waals surface area contributed by atoms with E-state index in [-0.39, 0.29) is 17.9 Å². The summed E-state index contributed by atoms with van der Waals surface area (Å²) in [6.45, 7) is 0.552. The number of rotatable bonds is 2. The minimum atomic E-state index is -0.866. The molecule has 1 saturated carbocycles. The van der Waals surface area contributed by atoms with Gasteiger partial charge < -0.3 is 10.0 Å². The van der Waals surface area contributed by atoms with Crippen LogP contribution >= 0.6 is 0 Å². The van der Waals surface area contributed by atoms with E-state index in [0.29, 0.717) is 18.7 Å². The minimum absolute atomic E-state index is 0.00573.